The molecule has 3 nitrogen and oxygen atoms in total. The van der Waals surface area contributed by atoms with Gasteiger partial charge in [-0.3, -0.25) is 0 Å². The van der Waals surface area contributed by atoms with Crippen molar-refractivity contribution in [2.45, 2.75) is 27.7 Å². The Bertz CT molecular complexity index is 1710. The van der Waals surface area contributed by atoms with Crippen molar-refractivity contribution in [1.29, 1.82) is 0 Å². The lowest BCUT2D eigenvalue weighted by molar-refractivity contribution is 0.587. The van der Waals surface area contributed by atoms with Crippen LogP contribution >= 0.6 is 16.3 Å². The molecule has 1 aromatic heterocycles. The van der Waals surface area contributed by atoms with E-state index in [1.807, 2.05) is 24.3 Å². The highest BCUT2D eigenvalue weighted by molar-refractivity contribution is 7.69. The van der Waals surface area contributed by atoms with Crippen LogP contribution in [0.5, 0.6) is 11.6 Å². The Morgan fingerprint density at radius 2 is 0.833 bits per heavy atom. The summed E-state index contributed by atoms with van der Waals surface area (Å²) in [6, 6.07) is 44.6. The minimum Gasteiger partial charge on any atom is -0.464 e. The fraction of sp³-hybridized carbons (Fsp3) is 0.108. The van der Waals surface area contributed by atoms with E-state index >= 15 is 0 Å². The minimum absolute atomic E-state index is 0.554. The summed E-state index contributed by atoms with van der Waals surface area (Å²) in [7, 11) is -2.28. The minimum atomic E-state index is -1.15. The van der Waals surface area contributed by atoms with E-state index in [9.17, 15) is 0 Å². The van der Waals surface area contributed by atoms with E-state index in [1.54, 1.807) is 0 Å². The first-order chi connectivity index (χ1) is 20.4. The lowest BCUT2D eigenvalue weighted by atomic mass is 10.2. The fourth-order valence-corrected chi connectivity index (χ4v) is 7.99. The molecule has 5 aromatic carbocycles. The van der Waals surface area contributed by atoms with E-state index < -0.39 is 16.3 Å². The molecule has 6 rings (SSSR count). The highest BCUT2D eigenvalue weighted by Crippen LogP contribution is 2.43. The Balaban J connectivity index is 1.43. The van der Waals surface area contributed by atoms with Crippen molar-refractivity contribution < 1.29 is 9.05 Å². The molecule has 0 atom stereocenters. The maximum atomic E-state index is 7.00. The van der Waals surface area contributed by atoms with Crippen LogP contribution < -0.4 is 30.3 Å². The van der Waals surface area contributed by atoms with Gasteiger partial charge in [-0.1, -0.05) is 131 Å². The molecule has 42 heavy (non-hydrogen) atoms. The Kier molecular flexibility index (Phi) is 8.34. The average molecular weight is 586 g/mol. The Morgan fingerprint density at radius 3 is 1.26 bits per heavy atom. The van der Waals surface area contributed by atoms with Crippen LogP contribution in [0, 0.1) is 27.7 Å². The van der Waals surface area contributed by atoms with E-state index in [2.05, 4.69) is 131 Å². The summed E-state index contributed by atoms with van der Waals surface area (Å²) < 4.78 is 13.8. The molecule has 0 saturated carbocycles. The Labute approximate surface area is 250 Å². The summed E-state index contributed by atoms with van der Waals surface area (Å²) in [4.78, 5) is 4.96. The quantitative estimate of drug-likeness (QED) is 0.168. The molecule has 0 radical (unpaired) electrons. The first-order valence-corrected chi connectivity index (χ1v) is 16.6. The van der Waals surface area contributed by atoms with Gasteiger partial charge in [0.25, 0.3) is 0 Å². The van der Waals surface area contributed by atoms with E-state index in [1.165, 1.54) is 22.3 Å². The van der Waals surface area contributed by atoms with Gasteiger partial charge in [0.15, 0.2) is 16.3 Å². The van der Waals surface area contributed by atoms with Crippen molar-refractivity contribution in [3.05, 3.63) is 150 Å². The van der Waals surface area contributed by atoms with E-state index in [-0.39, 0.29) is 0 Å². The molecule has 0 fully saturated rings. The zero-order valence-electron chi connectivity index (χ0n) is 24.3. The summed E-state index contributed by atoms with van der Waals surface area (Å²) in [5, 5.41) is 5.55. The second-order valence-electron chi connectivity index (χ2n) is 10.6. The molecule has 0 N–H and O–H groups in total. The van der Waals surface area contributed by atoms with Crippen LogP contribution in [0.2, 0.25) is 0 Å². The SMILES string of the molecule is Cc1ccc(P(Oc2cc(OP(c3ccc(C)cc3)c3ccc(C)cc3)c3ccccc3n2)c2ccc(C)cc2)cc1. The van der Waals surface area contributed by atoms with Crippen LogP contribution in [0.25, 0.3) is 10.9 Å². The van der Waals surface area contributed by atoms with Crippen molar-refractivity contribution >= 4 is 48.4 Å². The Morgan fingerprint density at radius 1 is 0.452 bits per heavy atom. The number of hydrogen-bond donors (Lipinski definition) is 0. The number of para-hydroxylation sites is 1. The summed E-state index contributed by atoms with van der Waals surface area (Å²) in [5.41, 5.74) is 5.73. The molecule has 0 saturated heterocycles. The zero-order valence-corrected chi connectivity index (χ0v) is 26.1. The van der Waals surface area contributed by atoms with Gasteiger partial charge in [-0.05, 0) is 39.8 Å². The molecule has 0 aliphatic heterocycles. The number of pyridine rings is 1. The van der Waals surface area contributed by atoms with Gasteiger partial charge in [0.1, 0.15) is 5.75 Å². The zero-order chi connectivity index (χ0) is 29.1. The molecular formula is C37H33NO2P2. The first-order valence-electron chi connectivity index (χ1n) is 14.1. The van der Waals surface area contributed by atoms with Crippen LogP contribution in [0.4, 0.5) is 0 Å². The molecule has 0 aliphatic carbocycles. The fourth-order valence-electron chi connectivity index (χ4n) is 4.66. The molecular weight excluding hydrogens is 552 g/mol. The third-order valence-corrected chi connectivity index (χ3v) is 10.9. The van der Waals surface area contributed by atoms with Crippen LogP contribution in [-0.4, -0.2) is 4.98 Å². The molecule has 5 heteroatoms. The maximum Gasteiger partial charge on any atom is 0.221 e. The standard InChI is InChI=1S/C37H33NO2P2/c1-26-9-17-30(18-10-26)41(31-19-11-27(2)12-20-31)39-36-25-37(38-35-8-6-5-7-34(35)36)40-42(32-21-13-28(3)14-22-32)33-23-15-29(4)16-24-33/h5-25H,1-4H3. The third kappa shape index (κ3) is 6.39. The topological polar surface area (TPSA) is 31.4 Å². The molecule has 0 amide bonds. The lowest BCUT2D eigenvalue weighted by Crippen LogP contribution is -2.17. The summed E-state index contributed by atoms with van der Waals surface area (Å²) in [6.07, 6.45) is 0. The van der Waals surface area contributed by atoms with Crippen LogP contribution in [-0.2, 0) is 0 Å². The van der Waals surface area contributed by atoms with Gasteiger partial charge in [0.2, 0.25) is 5.88 Å². The number of rotatable bonds is 8. The van der Waals surface area contributed by atoms with Crippen LogP contribution in [0.3, 0.4) is 0 Å². The monoisotopic (exact) mass is 585 g/mol. The molecule has 0 unspecified atom stereocenters. The summed E-state index contributed by atoms with van der Waals surface area (Å²) in [6.45, 7) is 8.43. The van der Waals surface area contributed by atoms with Crippen molar-refractivity contribution in [2.24, 2.45) is 0 Å². The molecule has 6 aromatic rings. The van der Waals surface area contributed by atoms with Gasteiger partial charge in [0, 0.05) is 32.7 Å². The number of aromatic nitrogens is 1. The van der Waals surface area contributed by atoms with Crippen molar-refractivity contribution in [3.63, 3.8) is 0 Å². The van der Waals surface area contributed by atoms with Gasteiger partial charge in [-0.25, -0.2) is 4.98 Å². The predicted octanol–water partition coefficient (Wildman–Crippen LogP) is 8.32. The number of nitrogens with zero attached hydrogens (tertiary/aromatic N) is 1. The first kappa shape index (κ1) is 28.1. The number of aryl methyl sites for hydroxylation is 4. The molecule has 0 bridgehead atoms. The number of benzene rings is 5. The van der Waals surface area contributed by atoms with Gasteiger partial charge in [-0.2, -0.15) is 0 Å². The number of hydrogen-bond acceptors (Lipinski definition) is 3. The lowest BCUT2D eigenvalue weighted by Gasteiger charge is -2.23. The highest BCUT2D eigenvalue weighted by atomic mass is 31.1. The van der Waals surface area contributed by atoms with E-state index in [0.29, 0.717) is 5.88 Å². The normalized spacial score (nSPS) is 11.3. The smallest absolute Gasteiger partial charge is 0.221 e. The highest BCUT2D eigenvalue weighted by Gasteiger charge is 2.22. The second kappa shape index (κ2) is 12.5. The molecule has 0 aliphatic rings. The Hall–Kier alpha value is -4.03. The maximum absolute atomic E-state index is 7.00. The van der Waals surface area contributed by atoms with Crippen LogP contribution in [0.15, 0.2) is 127 Å². The van der Waals surface area contributed by atoms with Gasteiger partial charge < -0.3 is 9.05 Å². The third-order valence-electron chi connectivity index (χ3n) is 7.10. The van der Waals surface area contributed by atoms with Crippen molar-refractivity contribution in [3.8, 4) is 11.6 Å². The molecule has 1 heterocycles. The average Bonchev–Trinajstić information content (AvgIpc) is 3.01. The molecule has 208 valence electrons. The van der Waals surface area contributed by atoms with E-state index in [4.69, 9.17) is 14.0 Å². The summed E-state index contributed by atoms with van der Waals surface area (Å²) in [5.74, 6) is 1.32. The van der Waals surface area contributed by atoms with E-state index in [0.717, 1.165) is 37.9 Å². The second-order valence-corrected chi connectivity index (χ2v) is 14.2. The van der Waals surface area contributed by atoms with Crippen molar-refractivity contribution in [2.75, 3.05) is 0 Å². The van der Waals surface area contributed by atoms with Gasteiger partial charge in [-0.15, -0.1) is 0 Å². The van der Waals surface area contributed by atoms with Crippen molar-refractivity contribution in [1.82, 2.24) is 4.98 Å². The van der Waals surface area contributed by atoms with Gasteiger partial charge in [0.05, 0.1) is 5.52 Å². The summed E-state index contributed by atoms with van der Waals surface area (Å²) >= 11 is 0. The molecule has 0 spiro atoms. The largest absolute Gasteiger partial charge is 0.464 e. The van der Waals surface area contributed by atoms with Gasteiger partial charge >= 0.3 is 0 Å². The van der Waals surface area contributed by atoms with Crippen LogP contribution in [0.1, 0.15) is 22.3 Å². The predicted molar refractivity (Wildman–Crippen MR) is 180 cm³/mol. The number of fused-ring (bicyclic) bond motifs is 1.